The van der Waals surface area contributed by atoms with Gasteiger partial charge in [0.1, 0.15) is 0 Å². The van der Waals surface area contributed by atoms with Crippen LogP contribution in [0.15, 0.2) is 12.3 Å². The third-order valence-corrected chi connectivity index (χ3v) is 2.13. The Labute approximate surface area is 86.5 Å². The first-order valence-electron chi connectivity index (χ1n) is 4.27. The van der Waals surface area contributed by atoms with Crippen molar-refractivity contribution in [3.8, 4) is 0 Å². The van der Waals surface area contributed by atoms with Crippen LogP contribution in [0.1, 0.15) is 5.69 Å². The molecule has 1 aromatic rings. The van der Waals surface area contributed by atoms with E-state index in [2.05, 4.69) is 5.10 Å². The number of carbonyl (C=O) groups excluding carboxylic acids is 1. The van der Waals surface area contributed by atoms with E-state index >= 15 is 0 Å². The number of methoxy groups -OCH3 is 1. The number of aromatic nitrogens is 2. The maximum atomic E-state index is 10.9. The SMILES string of the molecule is COC(C=O)(Cc1ccn(C)n1)C(=O)O. The van der Waals surface area contributed by atoms with Gasteiger partial charge >= 0.3 is 5.97 Å². The van der Waals surface area contributed by atoms with Gasteiger partial charge in [-0.15, -0.1) is 0 Å². The van der Waals surface area contributed by atoms with Crippen molar-refractivity contribution in [2.75, 3.05) is 7.11 Å². The Morgan fingerprint density at radius 1 is 1.80 bits per heavy atom. The molecule has 1 N–H and O–H groups in total. The Balaban J connectivity index is 2.93. The average molecular weight is 212 g/mol. The number of aryl methyl sites for hydroxylation is 1. The summed E-state index contributed by atoms with van der Waals surface area (Å²) in [4.78, 5) is 21.7. The van der Waals surface area contributed by atoms with Gasteiger partial charge in [0.05, 0.1) is 5.69 Å². The number of aliphatic carboxylic acids is 1. The zero-order chi connectivity index (χ0) is 11.5. The summed E-state index contributed by atoms with van der Waals surface area (Å²) in [6, 6.07) is 1.64. The standard InChI is InChI=1S/C9H12N2O4/c1-11-4-3-7(10-11)5-9(6-12,15-2)8(13)14/h3-4,6H,5H2,1-2H3,(H,13,14). The Hall–Kier alpha value is -1.69. The molecule has 0 bridgehead atoms. The van der Waals surface area contributed by atoms with Crippen molar-refractivity contribution in [1.29, 1.82) is 0 Å². The summed E-state index contributed by atoms with van der Waals surface area (Å²) in [5, 5.41) is 12.9. The van der Waals surface area contributed by atoms with Gasteiger partial charge in [-0.2, -0.15) is 5.10 Å². The highest BCUT2D eigenvalue weighted by Gasteiger charge is 2.39. The zero-order valence-corrected chi connectivity index (χ0v) is 8.51. The number of hydrogen-bond donors (Lipinski definition) is 1. The van der Waals surface area contributed by atoms with Crippen molar-refractivity contribution in [3.63, 3.8) is 0 Å². The lowest BCUT2D eigenvalue weighted by Gasteiger charge is -2.19. The molecular weight excluding hydrogens is 200 g/mol. The molecule has 0 saturated heterocycles. The van der Waals surface area contributed by atoms with Crippen molar-refractivity contribution >= 4 is 12.3 Å². The van der Waals surface area contributed by atoms with Gasteiger partial charge < -0.3 is 9.84 Å². The summed E-state index contributed by atoms with van der Waals surface area (Å²) in [6.45, 7) is 0. The lowest BCUT2D eigenvalue weighted by atomic mass is 10.00. The largest absolute Gasteiger partial charge is 0.479 e. The van der Waals surface area contributed by atoms with Crippen LogP contribution >= 0.6 is 0 Å². The summed E-state index contributed by atoms with van der Waals surface area (Å²) in [7, 11) is 2.89. The molecule has 0 fully saturated rings. The molecule has 6 heteroatoms. The van der Waals surface area contributed by atoms with Crippen LogP contribution in [-0.2, 0) is 27.8 Å². The van der Waals surface area contributed by atoms with Crippen LogP contribution in [0.4, 0.5) is 0 Å². The van der Waals surface area contributed by atoms with Gasteiger partial charge in [0.2, 0.25) is 5.60 Å². The molecule has 0 aliphatic heterocycles. The summed E-state index contributed by atoms with van der Waals surface area (Å²) < 4.78 is 6.28. The lowest BCUT2D eigenvalue weighted by Crippen LogP contribution is -2.44. The molecule has 0 aliphatic carbocycles. The fourth-order valence-corrected chi connectivity index (χ4v) is 1.20. The van der Waals surface area contributed by atoms with Crippen LogP contribution < -0.4 is 0 Å². The fourth-order valence-electron chi connectivity index (χ4n) is 1.20. The number of carbonyl (C=O) groups is 2. The van der Waals surface area contributed by atoms with Gasteiger partial charge in [-0.25, -0.2) is 4.79 Å². The first kappa shape index (κ1) is 11.4. The first-order chi connectivity index (χ1) is 7.04. The van der Waals surface area contributed by atoms with E-state index in [1.54, 1.807) is 19.3 Å². The second-order valence-electron chi connectivity index (χ2n) is 3.17. The first-order valence-corrected chi connectivity index (χ1v) is 4.27. The number of ether oxygens (including phenoxy) is 1. The topological polar surface area (TPSA) is 81.4 Å². The van der Waals surface area contributed by atoms with E-state index in [1.807, 2.05) is 0 Å². The molecule has 1 aromatic heterocycles. The van der Waals surface area contributed by atoms with Crippen molar-refractivity contribution in [3.05, 3.63) is 18.0 Å². The molecule has 0 aliphatic rings. The molecule has 1 rings (SSSR count). The molecule has 15 heavy (non-hydrogen) atoms. The van der Waals surface area contributed by atoms with Crippen LogP contribution in [0.5, 0.6) is 0 Å². The van der Waals surface area contributed by atoms with E-state index in [1.165, 1.54) is 11.8 Å². The van der Waals surface area contributed by atoms with Crippen LogP contribution in [0.3, 0.4) is 0 Å². The highest BCUT2D eigenvalue weighted by Crippen LogP contribution is 2.14. The summed E-state index contributed by atoms with van der Waals surface area (Å²) in [5.74, 6) is -1.31. The van der Waals surface area contributed by atoms with Gasteiger partial charge in [0, 0.05) is 26.8 Å². The molecule has 0 amide bonds. The van der Waals surface area contributed by atoms with Crippen LogP contribution in [0.25, 0.3) is 0 Å². The molecule has 82 valence electrons. The van der Waals surface area contributed by atoms with E-state index < -0.39 is 11.6 Å². The highest BCUT2D eigenvalue weighted by molar-refractivity contribution is 5.95. The Morgan fingerprint density at radius 3 is 2.80 bits per heavy atom. The van der Waals surface area contributed by atoms with Crippen LogP contribution in [0.2, 0.25) is 0 Å². The van der Waals surface area contributed by atoms with Gasteiger partial charge in [-0.1, -0.05) is 0 Å². The average Bonchev–Trinajstić information content (AvgIpc) is 2.60. The Morgan fingerprint density at radius 2 is 2.47 bits per heavy atom. The normalized spacial score (nSPS) is 14.5. The monoisotopic (exact) mass is 212 g/mol. The molecule has 0 spiro atoms. The predicted molar refractivity (Wildman–Crippen MR) is 50.4 cm³/mol. The zero-order valence-electron chi connectivity index (χ0n) is 8.51. The third-order valence-electron chi connectivity index (χ3n) is 2.13. The number of hydrogen-bond acceptors (Lipinski definition) is 4. The maximum absolute atomic E-state index is 10.9. The molecule has 6 nitrogen and oxygen atoms in total. The molecule has 1 heterocycles. The molecule has 1 atom stereocenters. The quantitative estimate of drug-likeness (QED) is 0.532. The van der Waals surface area contributed by atoms with Gasteiger partial charge in [0.15, 0.2) is 6.29 Å². The minimum atomic E-state index is -1.84. The van der Waals surface area contributed by atoms with E-state index in [4.69, 9.17) is 9.84 Å². The van der Waals surface area contributed by atoms with E-state index in [9.17, 15) is 9.59 Å². The highest BCUT2D eigenvalue weighted by atomic mass is 16.5. The fraction of sp³-hybridized carbons (Fsp3) is 0.444. The van der Waals surface area contributed by atoms with Gasteiger partial charge in [-0.05, 0) is 6.07 Å². The van der Waals surface area contributed by atoms with E-state index in [-0.39, 0.29) is 12.7 Å². The molecule has 1 unspecified atom stereocenters. The Bertz CT molecular complexity index is 374. The number of nitrogens with zero attached hydrogens (tertiary/aromatic N) is 2. The third kappa shape index (κ3) is 2.21. The predicted octanol–water partition coefficient (Wildman–Crippen LogP) is -0.369. The number of rotatable bonds is 5. The minimum absolute atomic E-state index is 0.0802. The summed E-state index contributed by atoms with van der Waals surface area (Å²) >= 11 is 0. The van der Waals surface area contributed by atoms with Gasteiger partial charge in [-0.3, -0.25) is 9.48 Å². The Kier molecular flexibility index (Phi) is 3.21. The minimum Gasteiger partial charge on any atom is -0.479 e. The van der Waals surface area contributed by atoms with E-state index in [0.29, 0.717) is 5.69 Å². The number of carboxylic acids is 1. The molecule has 0 radical (unpaired) electrons. The summed E-state index contributed by atoms with van der Waals surface area (Å²) in [5.41, 5.74) is -1.34. The number of carboxylic acid groups (broad SMARTS) is 1. The van der Waals surface area contributed by atoms with Crippen molar-refractivity contribution in [2.24, 2.45) is 7.05 Å². The summed E-state index contributed by atoms with van der Waals surface area (Å²) in [6.07, 6.45) is 1.87. The smallest absolute Gasteiger partial charge is 0.343 e. The lowest BCUT2D eigenvalue weighted by molar-refractivity contribution is -0.163. The second kappa shape index (κ2) is 4.22. The number of aldehydes is 1. The van der Waals surface area contributed by atoms with E-state index in [0.717, 1.165) is 0 Å². The maximum Gasteiger partial charge on any atom is 0.343 e. The second-order valence-corrected chi connectivity index (χ2v) is 3.17. The molecule has 0 saturated carbocycles. The van der Waals surface area contributed by atoms with Crippen molar-refractivity contribution in [1.82, 2.24) is 9.78 Å². The molecule has 0 aromatic carbocycles. The van der Waals surface area contributed by atoms with Crippen LogP contribution in [0, 0.1) is 0 Å². The van der Waals surface area contributed by atoms with Crippen molar-refractivity contribution in [2.45, 2.75) is 12.0 Å². The van der Waals surface area contributed by atoms with Gasteiger partial charge in [0.25, 0.3) is 0 Å². The molecular formula is C9H12N2O4. The van der Waals surface area contributed by atoms with Crippen LogP contribution in [-0.4, -0.2) is 39.9 Å². The van der Waals surface area contributed by atoms with Crippen molar-refractivity contribution < 1.29 is 19.4 Å².